The number of hydrogen-bond acceptors (Lipinski definition) is 4. The lowest BCUT2D eigenvalue weighted by molar-refractivity contribution is -0.150. The third-order valence-corrected chi connectivity index (χ3v) is 5.89. The van der Waals surface area contributed by atoms with Crippen molar-refractivity contribution in [3.05, 3.63) is 70.5 Å². The van der Waals surface area contributed by atoms with Gasteiger partial charge in [0.25, 0.3) is 0 Å². The van der Waals surface area contributed by atoms with Gasteiger partial charge in [0, 0.05) is 43.3 Å². The van der Waals surface area contributed by atoms with Gasteiger partial charge in [0.2, 0.25) is 11.8 Å². The van der Waals surface area contributed by atoms with E-state index in [-0.39, 0.29) is 29.7 Å². The molecule has 2 atom stereocenters. The topological polar surface area (TPSA) is 61.9 Å². The molecule has 0 aromatic heterocycles. The second-order valence-corrected chi connectivity index (χ2v) is 8.59. The fourth-order valence-corrected chi connectivity index (χ4v) is 4.48. The molecule has 32 heavy (non-hydrogen) atoms. The van der Waals surface area contributed by atoms with E-state index in [0.29, 0.717) is 49.1 Å². The summed E-state index contributed by atoms with van der Waals surface area (Å²) >= 11 is 6.04. The minimum Gasteiger partial charge on any atom is -0.377 e. The highest BCUT2D eigenvalue weighted by Crippen LogP contribution is 2.25. The van der Waals surface area contributed by atoms with E-state index in [1.165, 1.54) is 25.1 Å². The molecule has 8 heteroatoms. The Hall–Kier alpha value is -2.74. The largest absolute Gasteiger partial charge is 0.377 e. The third kappa shape index (κ3) is 5.35. The number of anilines is 1. The molecule has 0 spiro atoms. The number of nitrogens with one attached hydrogen (secondary N) is 1. The lowest BCUT2D eigenvalue weighted by atomic mass is 10.0. The Morgan fingerprint density at radius 2 is 1.84 bits per heavy atom. The number of fused-ring (bicyclic) bond motifs is 2. The number of ether oxygens (including phenoxy) is 1. The van der Waals surface area contributed by atoms with Crippen molar-refractivity contribution in [1.82, 2.24) is 9.80 Å². The molecule has 2 aliphatic heterocycles. The van der Waals surface area contributed by atoms with Crippen LogP contribution in [0, 0.1) is 5.82 Å². The van der Waals surface area contributed by atoms with Crippen molar-refractivity contribution >= 4 is 35.2 Å². The van der Waals surface area contributed by atoms with Crippen LogP contribution in [0.2, 0.25) is 5.02 Å². The Morgan fingerprint density at radius 1 is 1.16 bits per heavy atom. The first-order valence-electron chi connectivity index (χ1n) is 10.5. The second kappa shape index (κ2) is 9.81. The van der Waals surface area contributed by atoms with Crippen molar-refractivity contribution in [2.24, 2.45) is 0 Å². The SMILES string of the molecule is CC(=O)Nc1cc(Cl)ccc1/C=C/C(=O)N1C2COCC1CN(Cc1ccc(F)cc1)C2. The Bertz CT molecular complexity index is 1010. The van der Waals surface area contributed by atoms with Crippen LogP contribution >= 0.6 is 11.6 Å². The normalized spacial score (nSPS) is 21.0. The van der Waals surface area contributed by atoms with E-state index >= 15 is 0 Å². The van der Waals surface area contributed by atoms with Crippen molar-refractivity contribution in [3.63, 3.8) is 0 Å². The van der Waals surface area contributed by atoms with Crippen LogP contribution in [0.5, 0.6) is 0 Å². The lowest BCUT2D eigenvalue weighted by Gasteiger charge is -2.49. The average molecular weight is 458 g/mol. The van der Waals surface area contributed by atoms with Crippen LogP contribution in [-0.2, 0) is 20.9 Å². The fourth-order valence-electron chi connectivity index (χ4n) is 4.31. The van der Waals surface area contributed by atoms with Gasteiger partial charge in [-0.3, -0.25) is 14.5 Å². The van der Waals surface area contributed by atoms with E-state index in [0.717, 1.165) is 5.56 Å². The predicted octanol–water partition coefficient (Wildman–Crippen LogP) is 3.56. The average Bonchev–Trinajstić information content (AvgIpc) is 2.73. The molecular weight excluding hydrogens is 433 g/mol. The van der Waals surface area contributed by atoms with E-state index in [1.54, 1.807) is 36.4 Å². The lowest BCUT2D eigenvalue weighted by Crippen LogP contribution is -2.65. The first-order valence-corrected chi connectivity index (χ1v) is 10.9. The van der Waals surface area contributed by atoms with Crippen molar-refractivity contribution in [2.45, 2.75) is 25.6 Å². The molecule has 2 aromatic rings. The highest BCUT2D eigenvalue weighted by molar-refractivity contribution is 6.31. The molecule has 2 unspecified atom stereocenters. The molecule has 2 aromatic carbocycles. The highest BCUT2D eigenvalue weighted by atomic mass is 35.5. The predicted molar refractivity (Wildman–Crippen MR) is 122 cm³/mol. The Labute approximate surface area is 191 Å². The smallest absolute Gasteiger partial charge is 0.247 e. The maximum absolute atomic E-state index is 13.2. The van der Waals surface area contributed by atoms with Crippen molar-refractivity contribution in [3.8, 4) is 0 Å². The molecule has 0 radical (unpaired) electrons. The summed E-state index contributed by atoms with van der Waals surface area (Å²) in [6.07, 6.45) is 3.24. The number of hydrogen-bond donors (Lipinski definition) is 1. The zero-order valence-electron chi connectivity index (χ0n) is 17.8. The molecule has 2 bridgehead atoms. The van der Waals surface area contributed by atoms with Gasteiger partial charge >= 0.3 is 0 Å². The summed E-state index contributed by atoms with van der Waals surface area (Å²) in [4.78, 5) is 28.8. The fraction of sp³-hybridized carbons (Fsp3) is 0.333. The number of carbonyl (C=O) groups is 2. The summed E-state index contributed by atoms with van der Waals surface area (Å²) < 4.78 is 18.9. The monoisotopic (exact) mass is 457 g/mol. The molecule has 168 valence electrons. The molecule has 2 amide bonds. The summed E-state index contributed by atoms with van der Waals surface area (Å²) in [5, 5.41) is 3.24. The van der Waals surface area contributed by atoms with Crippen molar-refractivity contribution < 1.29 is 18.7 Å². The van der Waals surface area contributed by atoms with Crippen LogP contribution in [0.3, 0.4) is 0 Å². The minimum atomic E-state index is -0.247. The molecule has 0 aliphatic carbocycles. The summed E-state index contributed by atoms with van der Waals surface area (Å²) in [5.41, 5.74) is 2.30. The van der Waals surface area contributed by atoms with Gasteiger partial charge in [-0.2, -0.15) is 0 Å². The Kier molecular flexibility index (Phi) is 6.89. The summed E-state index contributed by atoms with van der Waals surface area (Å²) in [6.45, 7) is 4.46. The van der Waals surface area contributed by atoms with E-state index in [1.807, 2.05) is 4.90 Å². The summed E-state index contributed by atoms with van der Waals surface area (Å²) in [5.74, 6) is -0.547. The second-order valence-electron chi connectivity index (χ2n) is 8.16. The van der Waals surface area contributed by atoms with E-state index < -0.39 is 0 Å². The third-order valence-electron chi connectivity index (χ3n) is 5.65. The molecule has 6 nitrogen and oxygen atoms in total. The maximum Gasteiger partial charge on any atom is 0.247 e. The summed E-state index contributed by atoms with van der Waals surface area (Å²) in [7, 11) is 0. The minimum absolute atomic E-state index is 0.0554. The number of nitrogens with zero attached hydrogens (tertiary/aromatic N) is 2. The van der Waals surface area contributed by atoms with Crippen molar-refractivity contribution in [1.29, 1.82) is 0 Å². The van der Waals surface area contributed by atoms with E-state index in [2.05, 4.69) is 10.2 Å². The molecule has 2 heterocycles. The van der Waals surface area contributed by atoms with Gasteiger partial charge in [-0.05, 0) is 41.5 Å². The highest BCUT2D eigenvalue weighted by Gasteiger charge is 2.40. The molecule has 4 rings (SSSR count). The number of carbonyl (C=O) groups excluding carboxylic acids is 2. The van der Waals surface area contributed by atoms with Gasteiger partial charge in [0.15, 0.2) is 0 Å². The number of rotatable bonds is 5. The van der Waals surface area contributed by atoms with Crippen LogP contribution < -0.4 is 5.32 Å². The van der Waals surface area contributed by atoms with Gasteiger partial charge in [0.05, 0.1) is 25.3 Å². The van der Waals surface area contributed by atoms with Gasteiger partial charge in [-0.1, -0.05) is 29.8 Å². The molecule has 2 saturated heterocycles. The molecule has 0 saturated carbocycles. The number of piperazine rings is 1. The van der Waals surface area contributed by atoms with Crippen LogP contribution in [0.4, 0.5) is 10.1 Å². The number of morpholine rings is 1. The van der Waals surface area contributed by atoms with Crippen LogP contribution in [0.25, 0.3) is 6.08 Å². The number of benzene rings is 2. The number of amides is 2. The first-order chi connectivity index (χ1) is 15.4. The Balaban J connectivity index is 1.45. The van der Waals surface area contributed by atoms with Crippen LogP contribution in [0.1, 0.15) is 18.1 Å². The molecule has 2 fully saturated rings. The van der Waals surface area contributed by atoms with Crippen LogP contribution in [0.15, 0.2) is 48.5 Å². The van der Waals surface area contributed by atoms with Crippen molar-refractivity contribution in [2.75, 3.05) is 31.6 Å². The van der Waals surface area contributed by atoms with Gasteiger partial charge < -0.3 is 15.0 Å². The quantitative estimate of drug-likeness (QED) is 0.697. The number of halogens is 2. The van der Waals surface area contributed by atoms with E-state index in [9.17, 15) is 14.0 Å². The molecule has 2 aliphatic rings. The maximum atomic E-state index is 13.2. The Morgan fingerprint density at radius 3 is 2.50 bits per heavy atom. The zero-order valence-corrected chi connectivity index (χ0v) is 18.5. The van der Waals surface area contributed by atoms with E-state index in [4.69, 9.17) is 16.3 Å². The molecule has 1 N–H and O–H groups in total. The first kappa shape index (κ1) is 22.5. The van der Waals surface area contributed by atoms with Gasteiger partial charge in [-0.25, -0.2) is 4.39 Å². The summed E-state index contributed by atoms with van der Waals surface area (Å²) in [6, 6.07) is 11.5. The van der Waals surface area contributed by atoms with Gasteiger partial charge in [0.1, 0.15) is 5.82 Å². The standard InChI is InChI=1S/C24H25ClFN3O3/c1-16(30)27-23-10-19(25)6-4-18(23)5-9-24(31)29-21-12-28(13-22(29)15-32-14-21)11-17-2-7-20(26)8-3-17/h2-10,21-22H,11-15H2,1H3,(H,27,30)/b9-5+. The molecular formula is C24H25ClFN3O3. The van der Waals surface area contributed by atoms with Crippen LogP contribution in [-0.4, -0.2) is 60.0 Å². The zero-order chi connectivity index (χ0) is 22.7. The van der Waals surface area contributed by atoms with Gasteiger partial charge in [-0.15, -0.1) is 0 Å².